The van der Waals surface area contributed by atoms with Crippen molar-refractivity contribution in [2.24, 2.45) is 0 Å². The number of carbonyl (C=O) groups is 3. The van der Waals surface area contributed by atoms with Crippen molar-refractivity contribution in [3.63, 3.8) is 0 Å². The van der Waals surface area contributed by atoms with Gasteiger partial charge in [-0.05, 0) is 51.4 Å². The first kappa shape index (κ1) is 81.5. The molecule has 0 aliphatic heterocycles. The second-order valence-electron chi connectivity index (χ2n) is 26.3. The van der Waals surface area contributed by atoms with Crippen molar-refractivity contribution >= 4 is 17.9 Å². The maximum atomic E-state index is 13.0. The van der Waals surface area contributed by atoms with E-state index >= 15 is 0 Å². The summed E-state index contributed by atoms with van der Waals surface area (Å²) in [4.78, 5) is 37.7. The van der Waals surface area contributed by atoms with Gasteiger partial charge in [0.25, 0.3) is 6.29 Å². The number of hydrogen-bond donors (Lipinski definition) is 1. The standard InChI is InChI=1S/C75H141NO8/c1-6-8-10-12-14-16-18-20-22-24-26-28-30-32-34-36-38-39-41-43-45-47-49-51-53-55-57-59-61-63-65-72(77)82-69-71(70-83-75(74(79)80)81-68-67-76(3,4)5)84-73(78)66-64-62-60-58-56-54-52-50-48-46-44-42-40-37-35-33-31-29-27-25-23-21-19-17-15-13-11-9-7-2/h19,21,25,27,31,33,71,75H,6-18,20,22-24,26,28-30,32,34-70H2,1-5H3/p+1/b21-19-,27-25-,33-31-. The molecule has 0 aliphatic rings. The fourth-order valence-corrected chi connectivity index (χ4v) is 11.0. The van der Waals surface area contributed by atoms with Crippen molar-refractivity contribution in [3.8, 4) is 0 Å². The molecule has 0 amide bonds. The minimum absolute atomic E-state index is 0.177. The topological polar surface area (TPSA) is 108 Å². The normalized spacial score (nSPS) is 12.8. The number of rotatable bonds is 69. The van der Waals surface area contributed by atoms with Crippen molar-refractivity contribution in [1.29, 1.82) is 0 Å². The summed E-state index contributed by atoms with van der Waals surface area (Å²) < 4.78 is 23.0. The number of nitrogens with zero attached hydrogens (tertiary/aromatic N) is 1. The van der Waals surface area contributed by atoms with Gasteiger partial charge in [-0.2, -0.15) is 0 Å². The molecule has 0 fully saturated rings. The Kier molecular flexibility index (Phi) is 64.5. The van der Waals surface area contributed by atoms with E-state index in [1.165, 1.54) is 289 Å². The minimum atomic E-state index is -1.51. The lowest BCUT2D eigenvalue weighted by Gasteiger charge is -2.25. The predicted octanol–water partition coefficient (Wildman–Crippen LogP) is 22.8. The summed E-state index contributed by atoms with van der Waals surface area (Å²) >= 11 is 0. The minimum Gasteiger partial charge on any atom is -0.477 e. The van der Waals surface area contributed by atoms with E-state index < -0.39 is 18.4 Å². The lowest BCUT2D eigenvalue weighted by atomic mass is 10.0. The second-order valence-corrected chi connectivity index (χ2v) is 26.3. The van der Waals surface area contributed by atoms with Crippen LogP contribution in [0.1, 0.15) is 367 Å². The molecule has 0 aromatic heterocycles. The number of ether oxygens (including phenoxy) is 4. The number of carbonyl (C=O) groups excluding carboxylic acids is 2. The van der Waals surface area contributed by atoms with Gasteiger partial charge in [-0.1, -0.05) is 339 Å². The Balaban J connectivity index is 4.05. The van der Waals surface area contributed by atoms with Crippen molar-refractivity contribution in [2.45, 2.75) is 379 Å². The maximum absolute atomic E-state index is 13.0. The van der Waals surface area contributed by atoms with E-state index in [1.807, 2.05) is 21.1 Å². The summed E-state index contributed by atoms with van der Waals surface area (Å²) in [5, 5.41) is 9.75. The molecule has 0 radical (unpaired) electrons. The van der Waals surface area contributed by atoms with Crippen LogP contribution in [0.5, 0.6) is 0 Å². The van der Waals surface area contributed by atoms with Crippen molar-refractivity contribution in [3.05, 3.63) is 36.5 Å². The second kappa shape index (κ2) is 66.5. The van der Waals surface area contributed by atoms with E-state index in [2.05, 4.69) is 50.3 Å². The van der Waals surface area contributed by atoms with Crippen molar-refractivity contribution < 1.29 is 42.9 Å². The van der Waals surface area contributed by atoms with Crippen LogP contribution in [0.25, 0.3) is 0 Å². The van der Waals surface area contributed by atoms with Gasteiger partial charge in [0.2, 0.25) is 0 Å². The molecule has 0 bridgehead atoms. The zero-order valence-corrected chi connectivity index (χ0v) is 56.6. The zero-order chi connectivity index (χ0) is 61.2. The molecule has 0 heterocycles. The number of hydrogen-bond acceptors (Lipinski definition) is 7. The highest BCUT2D eigenvalue weighted by atomic mass is 16.7. The summed E-state index contributed by atoms with van der Waals surface area (Å²) in [5.41, 5.74) is 0. The van der Waals surface area contributed by atoms with Gasteiger partial charge in [-0.25, -0.2) is 4.79 Å². The average Bonchev–Trinajstić information content (AvgIpc) is 3.55. The average molecular weight is 1190 g/mol. The number of likely N-dealkylation sites (N-methyl/N-ethyl adjacent to an activating group) is 1. The Morgan fingerprint density at radius 1 is 0.357 bits per heavy atom. The number of esters is 2. The highest BCUT2D eigenvalue weighted by molar-refractivity contribution is 5.71. The van der Waals surface area contributed by atoms with Crippen LogP contribution in [0.4, 0.5) is 0 Å². The van der Waals surface area contributed by atoms with Crippen LogP contribution < -0.4 is 0 Å². The van der Waals surface area contributed by atoms with Gasteiger partial charge in [-0.3, -0.25) is 9.59 Å². The molecule has 0 spiro atoms. The lowest BCUT2D eigenvalue weighted by molar-refractivity contribution is -0.870. The molecule has 0 saturated carbocycles. The van der Waals surface area contributed by atoms with Crippen LogP contribution in [0.3, 0.4) is 0 Å². The van der Waals surface area contributed by atoms with Gasteiger partial charge < -0.3 is 28.5 Å². The quantitative estimate of drug-likeness (QED) is 0.0211. The Bertz CT molecular complexity index is 1470. The third-order valence-electron chi connectivity index (χ3n) is 16.6. The first-order valence-electron chi connectivity index (χ1n) is 36.7. The van der Waals surface area contributed by atoms with E-state index in [0.29, 0.717) is 17.4 Å². The van der Waals surface area contributed by atoms with Crippen LogP contribution in [0.2, 0.25) is 0 Å². The van der Waals surface area contributed by atoms with Gasteiger partial charge in [0.15, 0.2) is 6.10 Å². The maximum Gasteiger partial charge on any atom is 0.361 e. The molecule has 2 atom stereocenters. The molecule has 0 saturated heterocycles. The van der Waals surface area contributed by atoms with E-state index in [4.69, 9.17) is 18.9 Å². The van der Waals surface area contributed by atoms with Crippen molar-refractivity contribution in [1.82, 2.24) is 0 Å². The molecule has 9 heteroatoms. The number of carboxylic acids is 1. The zero-order valence-electron chi connectivity index (χ0n) is 56.6. The monoisotopic (exact) mass is 1190 g/mol. The molecule has 0 rings (SSSR count). The Labute approximate surface area is 521 Å². The smallest absolute Gasteiger partial charge is 0.361 e. The van der Waals surface area contributed by atoms with Gasteiger partial charge >= 0.3 is 17.9 Å². The van der Waals surface area contributed by atoms with Crippen LogP contribution in [-0.2, 0) is 33.3 Å². The fourth-order valence-electron chi connectivity index (χ4n) is 11.0. The Morgan fingerprint density at radius 3 is 0.952 bits per heavy atom. The largest absolute Gasteiger partial charge is 0.477 e. The van der Waals surface area contributed by atoms with Crippen LogP contribution in [0, 0.1) is 0 Å². The number of unbranched alkanes of at least 4 members (excludes halogenated alkanes) is 48. The van der Waals surface area contributed by atoms with Gasteiger partial charge in [0, 0.05) is 12.8 Å². The first-order chi connectivity index (χ1) is 41.1. The molecule has 0 aromatic carbocycles. The van der Waals surface area contributed by atoms with Crippen LogP contribution >= 0.6 is 0 Å². The van der Waals surface area contributed by atoms with Gasteiger partial charge in [0.05, 0.1) is 34.4 Å². The third kappa shape index (κ3) is 67.0. The number of allylic oxidation sites excluding steroid dienone is 6. The summed E-state index contributed by atoms with van der Waals surface area (Å²) in [5.74, 6) is -1.98. The number of quaternary nitrogens is 1. The fraction of sp³-hybridized carbons (Fsp3) is 0.880. The molecule has 9 nitrogen and oxygen atoms in total. The highest BCUT2D eigenvalue weighted by Gasteiger charge is 2.25. The van der Waals surface area contributed by atoms with Gasteiger partial charge in [0.1, 0.15) is 13.2 Å². The molecule has 0 aliphatic carbocycles. The van der Waals surface area contributed by atoms with E-state index in [1.54, 1.807) is 0 Å². The van der Waals surface area contributed by atoms with E-state index in [9.17, 15) is 19.5 Å². The molecule has 84 heavy (non-hydrogen) atoms. The number of carboxylic acid groups (broad SMARTS) is 1. The van der Waals surface area contributed by atoms with Gasteiger partial charge in [-0.15, -0.1) is 0 Å². The SMILES string of the molecule is CCCCCCC/C=C\C/C=C\C/C=C\CCCCCCCCCCCCCCCCC(=O)OC(COC(=O)CCCCCCCCCCCCCCCCCCCCCCCCCCCCCCCC)COC(OCC[N+](C)(C)C)C(=O)O. The third-order valence-corrected chi connectivity index (χ3v) is 16.6. The number of aliphatic carboxylic acids is 1. The molecular weight excluding hydrogens is 1040 g/mol. The van der Waals surface area contributed by atoms with E-state index in [-0.39, 0.29) is 38.2 Å². The lowest BCUT2D eigenvalue weighted by Crippen LogP contribution is -2.40. The van der Waals surface area contributed by atoms with Crippen LogP contribution in [-0.4, -0.2) is 87.4 Å². The molecule has 2 unspecified atom stereocenters. The summed E-state index contributed by atoms with van der Waals surface area (Å²) in [7, 11) is 5.99. The summed E-state index contributed by atoms with van der Waals surface area (Å²) in [6, 6.07) is 0. The summed E-state index contributed by atoms with van der Waals surface area (Å²) in [6.07, 6.45) is 81.3. The molecular formula is C75H142NO8+. The summed E-state index contributed by atoms with van der Waals surface area (Å²) in [6.45, 7) is 4.94. The van der Waals surface area contributed by atoms with E-state index in [0.717, 1.165) is 51.4 Å². The predicted molar refractivity (Wildman–Crippen MR) is 360 cm³/mol. The highest BCUT2D eigenvalue weighted by Crippen LogP contribution is 2.19. The molecule has 1 N–H and O–H groups in total. The molecule has 0 aromatic rings. The Hall–Kier alpha value is -2.49. The van der Waals surface area contributed by atoms with Crippen LogP contribution in [0.15, 0.2) is 36.5 Å². The van der Waals surface area contributed by atoms with Crippen molar-refractivity contribution in [2.75, 3.05) is 47.5 Å². The Morgan fingerprint density at radius 2 is 0.643 bits per heavy atom. The molecule has 494 valence electrons. The first-order valence-corrected chi connectivity index (χ1v) is 36.7.